The second kappa shape index (κ2) is 11.3. The summed E-state index contributed by atoms with van der Waals surface area (Å²) in [5.41, 5.74) is 1.94. The van der Waals surface area contributed by atoms with Crippen LogP contribution in [-0.2, 0) is 18.0 Å². The van der Waals surface area contributed by atoms with Crippen LogP contribution in [0.2, 0.25) is 0 Å². The Morgan fingerprint density at radius 3 is 2.66 bits per heavy atom. The minimum Gasteiger partial charge on any atom is -0.368 e. The van der Waals surface area contributed by atoms with Crippen molar-refractivity contribution in [2.75, 3.05) is 19.0 Å². The zero-order valence-electron chi connectivity index (χ0n) is 19.3. The Balaban J connectivity index is 1.96. The molecule has 1 aromatic heterocycles. The zero-order chi connectivity index (χ0) is 24.8. The van der Waals surface area contributed by atoms with Gasteiger partial charge in [0.1, 0.15) is 0 Å². The summed E-state index contributed by atoms with van der Waals surface area (Å²) in [6.07, 6.45) is -1.92. The Hall–Kier alpha value is -2.86. The monoisotopic (exact) mass is 502 g/mol. The number of piperidine rings is 1. The topological polar surface area (TPSA) is 52.0 Å². The number of aromatic nitrogens is 3. The lowest BCUT2D eigenvalue weighted by atomic mass is 9.87. The molecule has 0 bridgehead atoms. The van der Waals surface area contributed by atoms with Gasteiger partial charge in [0.25, 0.3) is 0 Å². The number of halogens is 4. The summed E-state index contributed by atoms with van der Waals surface area (Å²) in [6, 6.07) is 11.7. The van der Waals surface area contributed by atoms with Gasteiger partial charge >= 0.3 is 6.18 Å². The number of nitrogens with zero attached hydrogens (tertiary/aromatic N) is 3. The van der Waals surface area contributed by atoms with Crippen LogP contribution in [0.3, 0.4) is 0 Å². The van der Waals surface area contributed by atoms with Crippen LogP contribution in [0, 0.1) is 11.8 Å². The Bertz CT molecular complexity index is 1190. The van der Waals surface area contributed by atoms with E-state index in [1.807, 2.05) is 30.3 Å². The molecule has 2 atom stereocenters. The Morgan fingerprint density at radius 2 is 2.03 bits per heavy atom. The molecule has 1 aliphatic heterocycles. The molecule has 0 amide bonds. The van der Waals surface area contributed by atoms with Gasteiger partial charge in [-0.25, -0.2) is 4.68 Å². The third kappa shape index (κ3) is 6.04. The van der Waals surface area contributed by atoms with Gasteiger partial charge in [0.15, 0.2) is 0 Å². The summed E-state index contributed by atoms with van der Waals surface area (Å²) in [5.74, 6) is 5.94. The molecule has 2 aromatic carbocycles. The SMILES string of the molecule is Cn1nncc1-c1cc(C(F)(F)F)cc(C(CC#CCCl)OC2CCCNC2)c1-c1ccccc1. The summed E-state index contributed by atoms with van der Waals surface area (Å²) >= 11 is 5.76. The Labute approximate surface area is 207 Å². The highest BCUT2D eigenvalue weighted by molar-refractivity contribution is 6.19. The first-order chi connectivity index (χ1) is 16.9. The first-order valence-corrected chi connectivity index (χ1v) is 12.0. The van der Waals surface area contributed by atoms with Crippen LogP contribution >= 0.6 is 11.6 Å². The molecule has 1 fully saturated rings. The highest BCUT2D eigenvalue weighted by Gasteiger charge is 2.35. The van der Waals surface area contributed by atoms with Crippen LogP contribution in [-0.4, -0.2) is 40.1 Å². The van der Waals surface area contributed by atoms with Crippen LogP contribution in [0.25, 0.3) is 22.4 Å². The normalized spacial score (nSPS) is 17.0. The number of ether oxygens (including phenoxy) is 1. The maximum absolute atomic E-state index is 14.1. The Morgan fingerprint density at radius 1 is 1.23 bits per heavy atom. The number of aryl methyl sites for hydroxylation is 1. The first-order valence-electron chi connectivity index (χ1n) is 11.4. The van der Waals surface area contributed by atoms with Crippen molar-refractivity contribution in [3.63, 3.8) is 0 Å². The molecule has 1 aliphatic rings. The average Bonchev–Trinajstić information content (AvgIpc) is 3.29. The molecule has 1 N–H and O–H groups in total. The van der Waals surface area contributed by atoms with Crippen molar-refractivity contribution in [1.29, 1.82) is 0 Å². The van der Waals surface area contributed by atoms with E-state index in [2.05, 4.69) is 27.5 Å². The van der Waals surface area contributed by atoms with E-state index < -0.39 is 17.8 Å². The number of alkyl halides is 4. The smallest absolute Gasteiger partial charge is 0.368 e. The molecule has 184 valence electrons. The number of benzene rings is 2. The maximum atomic E-state index is 14.1. The van der Waals surface area contributed by atoms with Crippen LogP contribution < -0.4 is 5.32 Å². The van der Waals surface area contributed by atoms with Gasteiger partial charge in [0.05, 0.1) is 35.5 Å². The molecule has 0 saturated carbocycles. The predicted octanol–water partition coefficient (Wildman–Crippen LogP) is 5.61. The van der Waals surface area contributed by atoms with E-state index >= 15 is 0 Å². The molecule has 0 radical (unpaired) electrons. The number of rotatable bonds is 6. The van der Waals surface area contributed by atoms with Crippen molar-refractivity contribution >= 4 is 11.6 Å². The highest BCUT2D eigenvalue weighted by atomic mass is 35.5. The van der Waals surface area contributed by atoms with Gasteiger partial charge in [-0.15, -0.1) is 16.7 Å². The third-order valence-corrected chi connectivity index (χ3v) is 6.12. The molecule has 0 aliphatic carbocycles. The summed E-state index contributed by atoms with van der Waals surface area (Å²) in [5, 5.41) is 11.2. The molecule has 2 heterocycles. The minimum absolute atomic E-state index is 0.133. The fraction of sp³-hybridized carbons (Fsp3) is 0.385. The lowest BCUT2D eigenvalue weighted by Gasteiger charge is -2.30. The van der Waals surface area contributed by atoms with Crippen molar-refractivity contribution < 1.29 is 17.9 Å². The Kier molecular flexibility index (Phi) is 8.11. The van der Waals surface area contributed by atoms with Crippen LogP contribution in [0.1, 0.15) is 36.5 Å². The second-order valence-corrected chi connectivity index (χ2v) is 8.65. The lowest BCUT2D eigenvalue weighted by Crippen LogP contribution is -2.36. The quantitative estimate of drug-likeness (QED) is 0.351. The minimum atomic E-state index is -4.55. The largest absolute Gasteiger partial charge is 0.416 e. The zero-order valence-corrected chi connectivity index (χ0v) is 20.0. The molecular weight excluding hydrogens is 477 g/mol. The average molecular weight is 503 g/mol. The standard InChI is InChI=1S/C26H26ClF3N4O/c1-34-23(17-32-33-34)21-14-19(26(28,29)30)15-22(25(21)18-8-3-2-4-9-18)24(11-5-6-12-27)35-20-10-7-13-31-16-20/h2-4,8-9,14-15,17,20,24,31H,7,10-13,16H2,1H3. The summed E-state index contributed by atoms with van der Waals surface area (Å²) < 4.78 is 50.3. The van der Waals surface area contributed by atoms with Gasteiger partial charge in [0.2, 0.25) is 0 Å². The molecule has 2 unspecified atom stereocenters. The van der Waals surface area contributed by atoms with E-state index in [0.717, 1.165) is 31.0 Å². The van der Waals surface area contributed by atoms with Crippen molar-refractivity contribution in [2.24, 2.45) is 7.05 Å². The van der Waals surface area contributed by atoms with Crippen molar-refractivity contribution in [2.45, 2.75) is 37.6 Å². The summed E-state index contributed by atoms with van der Waals surface area (Å²) in [7, 11) is 1.66. The van der Waals surface area contributed by atoms with E-state index in [4.69, 9.17) is 16.3 Å². The highest BCUT2D eigenvalue weighted by Crippen LogP contribution is 2.44. The molecule has 1 saturated heterocycles. The first kappa shape index (κ1) is 25.2. The van der Waals surface area contributed by atoms with E-state index in [1.165, 1.54) is 16.9 Å². The van der Waals surface area contributed by atoms with Gasteiger partial charge < -0.3 is 10.1 Å². The molecule has 35 heavy (non-hydrogen) atoms. The third-order valence-electron chi connectivity index (χ3n) is 5.98. The number of nitrogens with one attached hydrogen (secondary N) is 1. The van der Waals surface area contributed by atoms with Gasteiger partial charge in [-0.1, -0.05) is 47.4 Å². The van der Waals surface area contributed by atoms with E-state index in [-0.39, 0.29) is 18.4 Å². The van der Waals surface area contributed by atoms with E-state index in [9.17, 15) is 13.2 Å². The summed E-state index contributed by atoms with van der Waals surface area (Å²) in [4.78, 5) is 0. The van der Waals surface area contributed by atoms with Crippen LogP contribution in [0.15, 0.2) is 48.7 Å². The van der Waals surface area contributed by atoms with Crippen molar-refractivity contribution in [1.82, 2.24) is 20.3 Å². The number of hydrogen-bond donors (Lipinski definition) is 1. The van der Waals surface area contributed by atoms with Crippen LogP contribution in [0.5, 0.6) is 0 Å². The fourth-order valence-corrected chi connectivity index (χ4v) is 4.45. The number of hydrogen-bond acceptors (Lipinski definition) is 4. The van der Waals surface area contributed by atoms with Gasteiger partial charge in [-0.05, 0) is 48.2 Å². The maximum Gasteiger partial charge on any atom is 0.416 e. The van der Waals surface area contributed by atoms with Crippen LogP contribution in [0.4, 0.5) is 13.2 Å². The van der Waals surface area contributed by atoms with Gasteiger partial charge in [-0.3, -0.25) is 0 Å². The van der Waals surface area contributed by atoms with Crippen molar-refractivity contribution in [3.8, 4) is 34.2 Å². The van der Waals surface area contributed by atoms with Gasteiger partial charge in [-0.2, -0.15) is 13.2 Å². The lowest BCUT2D eigenvalue weighted by molar-refractivity contribution is -0.137. The molecular formula is C26H26ClF3N4O. The molecule has 9 heteroatoms. The van der Waals surface area contributed by atoms with Gasteiger partial charge in [0, 0.05) is 25.6 Å². The van der Waals surface area contributed by atoms with E-state index in [0.29, 0.717) is 28.9 Å². The molecule has 4 rings (SSSR count). The van der Waals surface area contributed by atoms with Crippen molar-refractivity contribution in [3.05, 3.63) is 59.8 Å². The predicted molar refractivity (Wildman–Crippen MR) is 130 cm³/mol. The summed E-state index contributed by atoms with van der Waals surface area (Å²) in [6.45, 7) is 1.53. The molecule has 0 spiro atoms. The fourth-order valence-electron chi connectivity index (χ4n) is 4.36. The molecule has 5 nitrogen and oxygen atoms in total. The van der Waals surface area contributed by atoms with E-state index in [1.54, 1.807) is 7.05 Å². The second-order valence-electron chi connectivity index (χ2n) is 8.38. The molecule has 3 aromatic rings.